The molecule has 0 fully saturated rings. The number of carboxylic acid groups (broad SMARTS) is 1. The van der Waals surface area contributed by atoms with Gasteiger partial charge >= 0.3 is 12.0 Å². The van der Waals surface area contributed by atoms with Gasteiger partial charge in [-0.15, -0.1) is 0 Å². The van der Waals surface area contributed by atoms with Crippen LogP contribution in [0.5, 0.6) is 0 Å². The predicted molar refractivity (Wildman–Crippen MR) is 60.4 cm³/mol. The zero-order valence-electron chi connectivity index (χ0n) is 9.45. The lowest BCUT2D eigenvalue weighted by atomic mass is 10.2. The van der Waals surface area contributed by atoms with Gasteiger partial charge in [-0.25, -0.2) is 9.18 Å². The molecule has 1 aromatic rings. The van der Waals surface area contributed by atoms with E-state index in [1.807, 2.05) is 0 Å². The molecule has 0 radical (unpaired) electrons. The summed E-state index contributed by atoms with van der Waals surface area (Å²) in [6, 6.07) is 2.45. The number of hydrogen-bond acceptors (Lipinski definition) is 2. The molecule has 17 heavy (non-hydrogen) atoms. The van der Waals surface area contributed by atoms with Crippen LogP contribution in [0.15, 0.2) is 18.2 Å². The van der Waals surface area contributed by atoms with E-state index in [-0.39, 0.29) is 5.82 Å². The fourth-order valence-corrected chi connectivity index (χ4v) is 1.15. The van der Waals surface area contributed by atoms with Gasteiger partial charge < -0.3 is 15.7 Å². The third-order valence-corrected chi connectivity index (χ3v) is 2.13. The molecule has 0 bridgehead atoms. The number of aryl methyl sites for hydroxylation is 1. The summed E-state index contributed by atoms with van der Waals surface area (Å²) in [5.74, 6) is -1.50. The van der Waals surface area contributed by atoms with Gasteiger partial charge in [0, 0.05) is 5.69 Å². The van der Waals surface area contributed by atoms with Crippen LogP contribution in [0.25, 0.3) is 0 Å². The average molecular weight is 240 g/mol. The summed E-state index contributed by atoms with van der Waals surface area (Å²) in [6.07, 6.45) is 0. The van der Waals surface area contributed by atoms with Gasteiger partial charge in [0.1, 0.15) is 11.9 Å². The second-order valence-electron chi connectivity index (χ2n) is 3.62. The van der Waals surface area contributed by atoms with Crippen LogP contribution in [0.1, 0.15) is 12.5 Å². The third-order valence-electron chi connectivity index (χ3n) is 2.13. The third kappa shape index (κ3) is 3.75. The van der Waals surface area contributed by atoms with E-state index < -0.39 is 18.0 Å². The van der Waals surface area contributed by atoms with Gasteiger partial charge in [-0.2, -0.15) is 0 Å². The van der Waals surface area contributed by atoms with E-state index in [1.165, 1.54) is 25.1 Å². The van der Waals surface area contributed by atoms with Crippen molar-refractivity contribution in [3.8, 4) is 0 Å². The highest BCUT2D eigenvalue weighted by Gasteiger charge is 2.13. The number of carboxylic acids is 1. The van der Waals surface area contributed by atoms with Crippen LogP contribution in [0, 0.1) is 12.7 Å². The Hall–Kier alpha value is -2.11. The van der Waals surface area contributed by atoms with E-state index in [0.29, 0.717) is 11.3 Å². The lowest BCUT2D eigenvalue weighted by Crippen LogP contribution is -2.40. The second kappa shape index (κ2) is 5.29. The maximum atomic E-state index is 12.9. The van der Waals surface area contributed by atoms with Crippen LogP contribution in [0.4, 0.5) is 14.9 Å². The highest BCUT2D eigenvalue weighted by Crippen LogP contribution is 2.13. The molecule has 3 N–H and O–H groups in total. The number of urea groups is 1. The summed E-state index contributed by atoms with van der Waals surface area (Å²) >= 11 is 0. The predicted octanol–water partition coefficient (Wildman–Crippen LogP) is 1.73. The van der Waals surface area contributed by atoms with E-state index in [1.54, 1.807) is 6.92 Å². The Labute approximate surface area is 97.6 Å². The SMILES string of the molecule is Cc1cc(NC(=O)N[C@@H](C)C(=O)O)ccc1F. The van der Waals surface area contributed by atoms with Gasteiger partial charge in [0.15, 0.2) is 0 Å². The van der Waals surface area contributed by atoms with E-state index in [9.17, 15) is 14.0 Å². The van der Waals surface area contributed by atoms with Crippen molar-refractivity contribution in [3.05, 3.63) is 29.6 Å². The van der Waals surface area contributed by atoms with Crippen molar-refractivity contribution >= 4 is 17.7 Å². The van der Waals surface area contributed by atoms with Crippen molar-refractivity contribution in [2.24, 2.45) is 0 Å². The molecule has 5 nitrogen and oxygen atoms in total. The molecule has 1 atom stereocenters. The summed E-state index contributed by atoms with van der Waals surface area (Å²) in [5.41, 5.74) is 0.799. The first-order chi connectivity index (χ1) is 7.90. The standard InChI is InChI=1S/C11H13FN2O3/c1-6-5-8(3-4-9(6)12)14-11(17)13-7(2)10(15)16/h3-5,7H,1-2H3,(H,15,16)(H2,13,14,17)/t7-/m0/s1. The van der Waals surface area contributed by atoms with Gasteiger partial charge in [-0.05, 0) is 37.6 Å². The van der Waals surface area contributed by atoms with Crippen LogP contribution in [-0.4, -0.2) is 23.1 Å². The van der Waals surface area contributed by atoms with Crippen LogP contribution in [0.3, 0.4) is 0 Å². The molecule has 0 saturated carbocycles. The van der Waals surface area contributed by atoms with E-state index >= 15 is 0 Å². The second-order valence-corrected chi connectivity index (χ2v) is 3.62. The Balaban J connectivity index is 2.62. The molecule has 2 amide bonds. The molecule has 0 aliphatic heterocycles. The van der Waals surface area contributed by atoms with Crippen LogP contribution >= 0.6 is 0 Å². The molecular weight excluding hydrogens is 227 g/mol. The summed E-state index contributed by atoms with van der Waals surface area (Å²) in [5, 5.41) is 13.2. The number of carbonyl (C=O) groups excluding carboxylic acids is 1. The summed E-state index contributed by atoms with van der Waals surface area (Å²) in [6.45, 7) is 2.91. The topological polar surface area (TPSA) is 78.4 Å². The van der Waals surface area contributed by atoms with Crippen molar-refractivity contribution in [2.75, 3.05) is 5.32 Å². The number of amides is 2. The molecular formula is C11H13FN2O3. The molecule has 92 valence electrons. The number of nitrogens with one attached hydrogen (secondary N) is 2. The minimum Gasteiger partial charge on any atom is -0.480 e. The minimum absolute atomic E-state index is 0.366. The molecule has 6 heteroatoms. The number of aliphatic carboxylic acids is 1. The zero-order chi connectivity index (χ0) is 13.0. The molecule has 0 aliphatic rings. The summed E-state index contributed by atoms with van der Waals surface area (Å²) in [4.78, 5) is 21.8. The van der Waals surface area contributed by atoms with Crippen LogP contribution in [-0.2, 0) is 4.79 Å². The van der Waals surface area contributed by atoms with Gasteiger partial charge in [-0.1, -0.05) is 0 Å². The number of hydrogen-bond donors (Lipinski definition) is 3. The molecule has 0 aliphatic carbocycles. The van der Waals surface area contributed by atoms with Crippen molar-refractivity contribution in [3.63, 3.8) is 0 Å². The molecule has 0 unspecified atom stereocenters. The first-order valence-electron chi connectivity index (χ1n) is 4.96. The lowest BCUT2D eigenvalue weighted by Gasteiger charge is -2.11. The van der Waals surface area contributed by atoms with Crippen molar-refractivity contribution < 1.29 is 19.1 Å². The largest absolute Gasteiger partial charge is 0.480 e. The van der Waals surface area contributed by atoms with Crippen molar-refractivity contribution in [1.82, 2.24) is 5.32 Å². The zero-order valence-corrected chi connectivity index (χ0v) is 9.45. The van der Waals surface area contributed by atoms with Crippen LogP contribution in [0.2, 0.25) is 0 Å². The Morgan fingerprint density at radius 2 is 2.06 bits per heavy atom. The van der Waals surface area contributed by atoms with Crippen molar-refractivity contribution in [1.29, 1.82) is 0 Å². The van der Waals surface area contributed by atoms with Crippen molar-refractivity contribution in [2.45, 2.75) is 19.9 Å². The average Bonchev–Trinajstić information content (AvgIpc) is 2.23. The highest BCUT2D eigenvalue weighted by molar-refractivity contribution is 5.92. The number of anilines is 1. The smallest absolute Gasteiger partial charge is 0.325 e. The van der Waals surface area contributed by atoms with Crippen LogP contribution < -0.4 is 10.6 Å². The molecule has 1 aromatic carbocycles. The number of halogens is 1. The fourth-order valence-electron chi connectivity index (χ4n) is 1.15. The van der Waals surface area contributed by atoms with E-state index in [0.717, 1.165) is 0 Å². The van der Waals surface area contributed by atoms with Gasteiger partial charge in [0.05, 0.1) is 0 Å². The number of carbonyl (C=O) groups is 2. The van der Waals surface area contributed by atoms with Gasteiger partial charge in [0.25, 0.3) is 0 Å². The Morgan fingerprint density at radius 1 is 1.41 bits per heavy atom. The molecule has 0 spiro atoms. The molecule has 0 saturated heterocycles. The first kappa shape index (κ1) is 13.0. The van der Waals surface area contributed by atoms with Gasteiger partial charge in [-0.3, -0.25) is 4.79 Å². The Morgan fingerprint density at radius 3 is 2.59 bits per heavy atom. The lowest BCUT2D eigenvalue weighted by molar-refractivity contribution is -0.138. The summed E-state index contributed by atoms with van der Waals surface area (Å²) < 4.78 is 12.9. The first-order valence-corrected chi connectivity index (χ1v) is 4.96. The quantitative estimate of drug-likeness (QED) is 0.752. The van der Waals surface area contributed by atoms with E-state index in [2.05, 4.69) is 10.6 Å². The number of rotatable bonds is 3. The minimum atomic E-state index is -1.13. The Bertz CT molecular complexity index is 448. The highest BCUT2D eigenvalue weighted by atomic mass is 19.1. The maximum Gasteiger partial charge on any atom is 0.325 e. The monoisotopic (exact) mass is 240 g/mol. The maximum absolute atomic E-state index is 12.9. The summed E-state index contributed by atoms with van der Waals surface area (Å²) in [7, 11) is 0. The Kier molecular flexibility index (Phi) is 4.03. The number of benzene rings is 1. The fraction of sp³-hybridized carbons (Fsp3) is 0.273. The normalized spacial score (nSPS) is 11.7. The molecule has 1 rings (SSSR count). The molecule has 0 aromatic heterocycles. The molecule has 0 heterocycles. The van der Waals surface area contributed by atoms with Gasteiger partial charge in [0.2, 0.25) is 0 Å². The van der Waals surface area contributed by atoms with E-state index in [4.69, 9.17) is 5.11 Å².